The summed E-state index contributed by atoms with van der Waals surface area (Å²) in [5.41, 5.74) is 0.963. The highest BCUT2D eigenvalue weighted by molar-refractivity contribution is 6.22. The van der Waals surface area contributed by atoms with Gasteiger partial charge in [0.2, 0.25) is 6.29 Å². The third kappa shape index (κ3) is 6.91. The molecule has 0 aromatic heterocycles. The van der Waals surface area contributed by atoms with Crippen LogP contribution in [0.25, 0.3) is 17.6 Å². The highest BCUT2D eigenvalue weighted by Gasteiger charge is 2.84. The van der Waals surface area contributed by atoms with E-state index >= 15 is 4.79 Å². The van der Waals surface area contributed by atoms with Gasteiger partial charge in [-0.25, -0.2) is 4.79 Å². The summed E-state index contributed by atoms with van der Waals surface area (Å²) in [6, 6.07) is 7.30. The zero-order valence-corrected chi connectivity index (χ0v) is 42.4. The molecule has 3 saturated carbocycles. The molecule has 6 fully saturated rings. The number of hydrogen-bond acceptors (Lipinski definition) is 14. The van der Waals surface area contributed by atoms with Gasteiger partial charge in [-0.15, -0.1) is 0 Å². The van der Waals surface area contributed by atoms with Crippen molar-refractivity contribution >= 4 is 35.1 Å². The molecule has 0 amide bonds. The molecule has 14 heteroatoms. The Morgan fingerprint density at radius 3 is 2.35 bits per heavy atom. The first-order valence-electron chi connectivity index (χ1n) is 24.9. The van der Waals surface area contributed by atoms with Gasteiger partial charge in [-0.3, -0.25) is 9.59 Å². The molecular formula is C57H64O14. The number of methoxy groups -OCH3 is 1. The van der Waals surface area contributed by atoms with E-state index in [1.165, 1.54) is 12.7 Å². The Balaban J connectivity index is 1.20. The van der Waals surface area contributed by atoms with Crippen LogP contribution in [0.2, 0.25) is 0 Å². The van der Waals surface area contributed by atoms with Crippen LogP contribution < -0.4 is 14.2 Å². The fourth-order valence-corrected chi connectivity index (χ4v) is 13.0. The Bertz CT molecular complexity index is 2880. The first kappa shape index (κ1) is 47.9. The molecule has 14 nitrogen and oxygen atoms in total. The summed E-state index contributed by atoms with van der Waals surface area (Å²) in [4.78, 5) is 43.9. The van der Waals surface area contributed by atoms with E-state index in [4.69, 9.17) is 42.6 Å². The first-order chi connectivity index (χ1) is 33.6. The van der Waals surface area contributed by atoms with Crippen LogP contribution in [0, 0.1) is 17.8 Å². The fourth-order valence-electron chi connectivity index (χ4n) is 13.0. The third-order valence-electron chi connectivity index (χ3n) is 16.3. The summed E-state index contributed by atoms with van der Waals surface area (Å²) in [5.74, 6) is -2.43. The summed E-state index contributed by atoms with van der Waals surface area (Å²) < 4.78 is 60.7. The summed E-state index contributed by atoms with van der Waals surface area (Å²) in [7, 11) is 1.31. The number of fused-ring (bicyclic) bond motifs is 6. The summed E-state index contributed by atoms with van der Waals surface area (Å²) in [6.07, 6.45) is 5.66. The molecule has 2 aromatic carbocycles. The van der Waals surface area contributed by atoms with Crippen molar-refractivity contribution in [1.29, 1.82) is 0 Å². The monoisotopic (exact) mass is 972 g/mol. The highest BCUT2D eigenvalue weighted by Crippen LogP contribution is 2.75. The lowest BCUT2D eigenvalue weighted by molar-refractivity contribution is -0.373. The van der Waals surface area contributed by atoms with Crippen molar-refractivity contribution in [3.8, 4) is 17.2 Å². The lowest BCUT2D eigenvalue weighted by atomic mass is 9.45. The minimum Gasteiger partial charge on any atom is -0.482 e. The van der Waals surface area contributed by atoms with Gasteiger partial charge in [0.25, 0.3) is 0 Å². The number of carbonyl (C=O) groups excluding carboxylic acids is 3. The van der Waals surface area contributed by atoms with Crippen molar-refractivity contribution in [3.63, 3.8) is 0 Å². The largest absolute Gasteiger partial charge is 0.482 e. The number of allylic oxidation sites excluding steroid dienone is 5. The molecule has 376 valence electrons. The van der Waals surface area contributed by atoms with Gasteiger partial charge in [0.1, 0.15) is 64.3 Å². The van der Waals surface area contributed by atoms with Crippen LogP contribution in [-0.4, -0.2) is 100 Å². The molecule has 3 saturated heterocycles. The summed E-state index contributed by atoms with van der Waals surface area (Å²) in [5, 5.41) is 23.8. The Morgan fingerprint density at radius 1 is 0.901 bits per heavy atom. The number of hydrogen-bond donors (Lipinski definition) is 2. The van der Waals surface area contributed by atoms with Crippen LogP contribution in [-0.2, 0) is 44.4 Å². The second kappa shape index (κ2) is 16.3. The number of Topliss-reactive ketones (excluding diaryl/α,β-unsaturated/α-hetero) is 2. The molecular weight excluding hydrogens is 909 g/mol. The van der Waals surface area contributed by atoms with Crippen LogP contribution in [0.4, 0.5) is 0 Å². The molecule has 0 radical (unpaired) electrons. The van der Waals surface area contributed by atoms with Crippen LogP contribution in [0.1, 0.15) is 128 Å². The molecule has 12 rings (SSSR count). The molecule has 1 spiro atoms. The van der Waals surface area contributed by atoms with Gasteiger partial charge in [-0.05, 0) is 107 Å². The predicted octanol–water partition coefficient (Wildman–Crippen LogP) is 8.46. The number of rotatable bonds is 10. The number of aliphatic hydroxyl groups excluding tert-OH is 2. The number of aliphatic hydroxyl groups is 2. The van der Waals surface area contributed by atoms with E-state index in [0.29, 0.717) is 86.8 Å². The normalized spacial score (nSPS) is 34.9. The van der Waals surface area contributed by atoms with E-state index in [2.05, 4.69) is 26.0 Å². The van der Waals surface area contributed by atoms with E-state index in [1.54, 1.807) is 32.9 Å². The average Bonchev–Trinajstić information content (AvgIpc) is 3.68. The maximum Gasteiger partial charge on any atom is 0.333 e. The molecule has 6 heterocycles. The van der Waals surface area contributed by atoms with Crippen LogP contribution in [0.5, 0.6) is 17.2 Å². The molecule has 6 unspecified atom stereocenters. The number of benzene rings is 2. The number of ketones is 2. The zero-order chi connectivity index (χ0) is 50.5. The topological polar surface area (TPSA) is 175 Å². The Hall–Kier alpha value is -5.35. The van der Waals surface area contributed by atoms with E-state index in [0.717, 1.165) is 12.0 Å². The van der Waals surface area contributed by atoms with E-state index in [-0.39, 0.29) is 30.3 Å². The fraction of sp³-hybridized carbons (Fsp3) is 0.526. The molecule has 2 aromatic rings. The Kier molecular flexibility index (Phi) is 11.0. The maximum atomic E-state index is 15.9. The Labute approximate surface area is 414 Å². The predicted molar refractivity (Wildman–Crippen MR) is 260 cm³/mol. The van der Waals surface area contributed by atoms with E-state index < -0.39 is 82.6 Å². The van der Waals surface area contributed by atoms with Crippen molar-refractivity contribution in [2.75, 3.05) is 13.7 Å². The second-order valence-electron chi connectivity index (χ2n) is 22.4. The van der Waals surface area contributed by atoms with E-state index in [1.807, 2.05) is 65.0 Å². The van der Waals surface area contributed by atoms with Crippen molar-refractivity contribution in [1.82, 2.24) is 0 Å². The highest BCUT2D eigenvalue weighted by atomic mass is 16.8. The van der Waals surface area contributed by atoms with Gasteiger partial charge in [-0.2, -0.15) is 0 Å². The SMILES string of the molecule is COC(=O)C(C)=CCC12OC(C)(C)C3CC(C1=O)C1C4=C(OC5=C1C32Oc1c(CC=C(C)C)c2c(c(O[C@@H]3O[C@@H]6COC(C)(C)O[C@H]6[C@H](O)[C@H]3O)c15)C=CC(C)(CCC=C(C)C)O2)c1ccccc1C4=O. The van der Waals surface area contributed by atoms with Gasteiger partial charge in [0.15, 0.2) is 28.6 Å². The Morgan fingerprint density at radius 2 is 1.63 bits per heavy atom. The second-order valence-corrected chi connectivity index (χ2v) is 22.4. The average molecular weight is 973 g/mol. The quantitative estimate of drug-likeness (QED) is 0.132. The minimum absolute atomic E-state index is 0.0507. The van der Waals surface area contributed by atoms with E-state index in [9.17, 15) is 19.8 Å². The summed E-state index contributed by atoms with van der Waals surface area (Å²) in [6.45, 7) is 19.3. The molecule has 71 heavy (non-hydrogen) atoms. The zero-order valence-electron chi connectivity index (χ0n) is 42.4. The van der Waals surface area contributed by atoms with Crippen LogP contribution in [0.15, 0.2) is 76.4 Å². The number of carbonyl (C=O) groups is 3. The number of esters is 1. The standard InChI is InChI=1S/C57H64O14/c1-27(2)15-14-22-55(10)23-21-33-44(69-55)32(19-18-28(3)4)47-39(46(33)67-52-43(60)42(59)48-35(65-52)26-64-54(8,9)68-48)49-40-37(38-41(58)30-16-12-13-17-31(30)45(38)66-49)34-25-36-53(6,7)71-56(50(34)61,57(36,40)70-47)24-20-29(5)51(62)63-11/h12-13,15-18,20-21,23,34-37,42-43,48,52,59-60H,14,19,22,24-26H2,1-11H3/t34?,35-,36?,37?,42-,43-,48-,52+,55?,56?,57?/m1/s1. The molecule has 11 atom stereocenters. The smallest absolute Gasteiger partial charge is 0.333 e. The lowest BCUT2D eigenvalue weighted by Gasteiger charge is -2.62. The lowest BCUT2D eigenvalue weighted by Crippen LogP contribution is -2.75. The molecule has 6 aliphatic heterocycles. The van der Waals surface area contributed by atoms with Gasteiger partial charge >= 0.3 is 5.97 Å². The van der Waals surface area contributed by atoms with Crippen LogP contribution >= 0.6 is 0 Å². The van der Waals surface area contributed by atoms with Gasteiger partial charge in [-0.1, -0.05) is 53.6 Å². The molecule has 2 N–H and O–H groups in total. The molecule has 10 aliphatic rings. The van der Waals surface area contributed by atoms with Crippen molar-refractivity contribution in [2.24, 2.45) is 17.8 Å². The van der Waals surface area contributed by atoms with Gasteiger partial charge in [0, 0.05) is 52.0 Å². The van der Waals surface area contributed by atoms with Gasteiger partial charge in [0.05, 0.1) is 30.5 Å². The maximum absolute atomic E-state index is 15.9. The van der Waals surface area contributed by atoms with Gasteiger partial charge < -0.3 is 52.8 Å². The van der Waals surface area contributed by atoms with Crippen molar-refractivity contribution < 1.29 is 67.2 Å². The first-order valence-corrected chi connectivity index (χ1v) is 24.9. The third-order valence-corrected chi connectivity index (χ3v) is 16.3. The number of ether oxygens (including phenoxy) is 9. The minimum atomic E-state index is -1.72. The molecule has 4 aliphatic carbocycles. The molecule has 4 bridgehead atoms. The van der Waals surface area contributed by atoms with Crippen molar-refractivity contribution in [3.05, 3.63) is 104 Å². The van der Waals surface area contributed by atoms with Crippen LogP contribution in [0.3, 0.4) is 0 Å². The van der Waals surface area contributed by atoms with Crippen molar-refractivity contribution in [2.45, 2.75) is 160 Å². The summed E-state index contributed by atoms with van der Waals surface area (Å²) >= 11 is 0.